The third kappa shape index (κ3) is 3.73. The van der Waals surface area contributed by atoms with Crippen LogP contribution in [0.25, 0.3) is 11.1 Å². The first-order chi connectivity index (χ1) is 12.7. The highest BCUT2D eigenvalue weighted by molar-refractivity contribution is 7.09. The molecule has 6 nitrogen and oxygen atoms in total. The Morgan fingerprint density at radius 3 is 2.88 bits per heavy atom. The molecule has 0 radical (unpaired) electrons. The highest BCUT2D eigenvalue weighted by atomic mass is 32.1. The average Bonchev–Trinajstić information content (AvgIpc) is 3.20. The molecule has 4 rings (SSSR count). The average molecular weight is 365 g/mol. The van der Waals surface area contributed by atoms with Crippen molar-refractivity contribution in [3.63, 3.8) is 0 Å². The number of amides is 1. The van der Waals surface area contributed by atoms with Crippen LogP contribution in [-0.2, 0) is 17.6 Å². The van der Waals surface area contributed by atoms with Gasteiger partial charge in [-0.05, 0) is 23.8 Å². The zero-order chi connectivity index (χ0) is 17.9. The lowest BCUT2D eigenvalue weighted by molar-refractivity contribution is -0.115. The number of nitrogens with one attached hydrogen (secondary N) is 2. The van der Waals surface area contributed by atoms with Gasteiger partial charge in [0.05, 0.1) is 22.6 Å². The Kier molecular flexibility index (Phi) is 4.37. The molecule has 7 heteroatoms. The summed E-state index contributed by atoms with van der Waals surface area (Å²) in [5.74, 6) is -0.677. The first kappa shape index (κ1) is 16.3. The molecular weight excluding hydrogens is 350 g/mol. The van der Waals surface area contributed by atoms with Crippen molar-refractivity contribution >= 4 is 34.0 Å². The SMILES string of the molecule is O=C(Cc1csc(Cc2ccccc2)n1)Nc1ccc2oc(=O)[nH]c2c1. The van der Waals surface area contributed by atoms with Crippen molar-refractivity contribution in [3.05, 3.63) is 80.7 Å². The van der Waals surface area contributed by atoms with Gasteiger partial charge >= 0.3 is 5.76 Å². The van der Waals surface area contributed by atoms with Crippen molar-refractivity contribution in [2.45, 2.75) is 12.8 Å². The van der Waals surface area contributed by atoms with Crippen molar-refractivity contribution in [2.24, 2.45) is 0 Å². The van der Waals surface area contributed by atoms with Crippen molar-refractivity contribution in [2.75, 3.05) is 5.32 Å². The van der Waals surface area contributed by atoms with Gasteiger partial charge in [0.1, 0.15) is 0 Å². The molecule has 2 aromatic carbocycles. The number of thiazole rings is 1. The standard InChI is InChI=1S/C19H15N3O3S/c23-17(20-13-6-7-16-15(9-13)22-19(24)25-16)10-14-11-26-18(21-14)8-12-4-2-1-3-5-12/h1-7,9,11H,8,10H2,(H,20,23)(H,22,24). The molecule has 2 N–H and O–H groups in total. The highest BCUT2D eigenvalue weighted by Crippen LogP contribution is 2.18. The maximum absolute atomic E-state index is 12.2. The van der Waals surface area contributed by atoms with E-state index >= 15 is 0 Å². The Bertz CT molecular complexity index is 1110. The van der Waals surface area contributed by atoms with Crippen LogP contribution in [0, 0.1) is 0 Å². The molecule has 0 unspecified atom stereocenters. The molecule has 0 fully saturated rings. The van der Waals surface area contributed by atoms with Crippen molar-refractivity contribution in [3.8, 4) is 0 Å². The molecule has 0 atom stereocenters. The maximum Gasteiger partial charge on any atom is 0.417 e. The van der Waals surface area contributed by atoms with E-state index in [1.165, 1.54) is 5.56 Å². The highest BCUT2D eigenvalue weighted by Gasteiger charge is 2.10. The molecule has 0 saturated carbocycles. The van der Waals surface area contributed by atoms with Gasteiger partial charge in [-0.3, -0.25) is 9.78 Å². The Morgan fingerprint density at radius 2 is 2.04 bits per heavy atom. The number of benzene rings is 2. The molecule has 0 aliphatic carbocycles. The van der Waals surface area contributed by atoms with Gasteiger partial charge in [-0.1, -0.05) is 30.3 Å². The Labute approximate surface area is 152 Å². The summed E-state index contributed by atoms with van der Waals surface area (Å²) in [5.41, 5.74) is 3.54. The largest absolute Gasteiger partial charge is 0.417 e. The number of fused-ring (bicyclic) bond motifs is 1. The summed E-state index contributed by atoms with van der Waals surface area (Å²) in [4.78, 5) is 30.5. The summed E-state index contributed by atoms with van der Waals surface area (Å²) in [6.45, 7) is 0. The molecule has 1 amide bonds. The number of aromatic nitrogens is 2. The van der Waals surface area contributed by atoms with Gasteiger partial charge in [0.15, 0.2) is 5.58 Å². The first-order valence-electron chi connectivity index (χ1n) is 8.06. The number of nitrogens with zero attached hydrogens (tertiary/aromatic N) is 1. The molecule has 0 saturated heterocycles. The third-order valence-electron chi connectivity index (χ3n) is 3.84. The Hall–Kier alpha value is -3.19. The Morgan fingerprint density at radius 1 is 1.19 bits per heavy atom. The fourth-order valence-electron chi connectivity index (χ4n) is 2.68. The zero-order valence-electron chi connectivity index (χ0n) is 13.7. The molecule has 130 valence electrons. The second-order valence-electron chi connectivity index (χ2n) is 5.85. The van der Waals surface area contributed by atoms with Crippen LogP contribution < -0.4 is 11.1 Å². The summed E-state index contributed by atoms with van der Waals surface area (Å²) in [7, 11) is 0. The van der Waals surface area contributed by atoms with Gasteiger partial charge in [0.25, 0.3) is 0 Å². The summed E-state index contributed by atoms with van der Waals surface area (Å²) in [6, 6.07) is 15.1. The van der Waals surface area contributed by atoms with E-state index in [4.69, 9.17) is 4.42 Å². The van der Waals surface area contributed by atoms with Gasteiger partial charge in [-0.2, -0.15) is 0 Å². The maximum atomic E-state index is 12.2. The third-order valence-corrected chi connectivity index (χ3v) is 4.74. The van der Waals surface area contributed by atoms with Crippen LogP contribution in [-0.4, -0.2) is 15.9 Å². The lowest BCUT2D eigenvalue weighted by Crippen LogP contribution is -2.14. The number of aromatic amines is 1. The van der Waals surface area contributed by atoms with E-state index in [0.717, 1.165) is 17.1 Å². The molecule has 2 aromatic heterocycles. The molecular formula is C19H15N3O3S. The molecule has 2 heterocycles. The molecule has 0 aliphatic heterocycles. The van der Waals surface area contributed by atoms with Crippen LogP contribution in [0.2, 0.25) is 0 Å². The number of anilines is 1. The van der Waals surface area contributed by atoms with Crippen LogP contribution in [0.1, 0.15) is 16.3 Å². The van der Waals surface area contributed by atoms with Crippen molar-refractivity contribution < 1.29 is 9.21 Å². The van der Waals surface area contributed by atoms with Crippen LogP contribution in [0.15, 0.2) is 63.1 Å². The van der Waals surface area contributed by atoms with Crippen LogP contribution >= 0.6 is 11.3 Å². The predicted octanol–water partition coefficient (Wildman–Crippen LogP) is 3.35. The fourth-order valence-corrected chi connectivity index (χ4v) is 3.51. The van der Waals surface area contributed by atoms with E-state index in [1.54, 1.807) is 29.5 Å². The van der Waals surface area contributed by atoms with E-state index in [1.807, 2.05) is 23.6 Å². The topological polar surface area (TPSA) is 88.0 Å². The van der Waals surface area contributed by atoms with Crippen molar-refractivity contribution in [1.29, 1.82) is 0 Å². The number of carbonyl (C=O) groups excluding carboxylic acids is 1. The minimum atomic E-state index is -0.517. The monoisotopic (exact) mass is 365 g/mol. The number of hydrogen-bond acceptors (Lipinski definition) is 5. The van der Waals surface area contributed by atoms with Gasteiger partial charge in [0.2, 0.25) is 5.91 Å². The number of rotatable bonds is 5. The molecule has 4 aromatic rings. The van der Waals surface area contributed by atoms with Crippen molar-refractivity contribution in [1.82, 2.24) is 9.97 Å². The first-order valence-corrected chi connectivity index (χ1v) is 8.93. The minimum absolute atomic E-state index is 0.160. The fraction of sp³-hybridized carbons (Fsp3) is 0.105. The lowest BCUT2D eigenvalue weighted by atomic mass is 10.2. The second kappa shape index (κ2) is 6.97. The second-order valence-corrected chi connectivity index (χ2v) is 6.79. The summed E-state index contributed by atoms with van der Waals surface area (Å²) in [6.07, 6.45) is 0.961. The number of carbonyl (C=O) groups is 1. The van der Waals surface area contributed by atoms with Crippen LogP contribution in [0.5, 0.6) is 0 Å². The smallest absolute Gasteiger partial charge is 0.408 e. The number of oxazole rings is 1. The number of H-pyrrole nitrogens is 1. The molecule has 0 aliphatic rings. The van der Waals surface area contributed by atoms with Crippen LogP contribution in [0.3, 0.4) is 0 Å². The van der Waals surface area contributed by atoms with E-state index in [9.17, 15) is 9.59 Å². The van der Waals surface area contributed by atoms with E-state index in [-0.39, 0.29) is 12.3 Å². The van der Waals surface area contributed by atoms with Gasteiger partial charge in [0, 0.05) is 17.5 Å². The molecule has 0 spiro atoms. The Balaban J connectivity index is 1.40. The van der Waals surface area contributed by atoms with Crippen LogP contribution in [0.4, 0.5) is 5.69 Å². The summed E-state index contributed by atoms with van der Waals surface area (Å²) in [5, 5.41) is 5.71. The van der Waals surface area contributed by atoms with E-state index < -0.39 is 5.76 Å². The lowest BCUT2D eigenvalue weighted by Gasteiger charge is -2.03. The normalized spacial score (nSPS) is 10.9. The number of hydrogen-bond donors (Lipinski definition) is 2. The molecule has 0 bridgehead atoms. The van der Waals surface area contributed by atoms with Gasteiger partial charge in [-0.15, -0.1) is 11.3 Å². The summed E-state index contributed by atoms with van der Waals surface area (Å²) < 4.78 is 4.94. The van der Waals surface area contributed by atoms with Gasteiger partial charge in [-0.25, -0.2) is 9.78 Å². The quantitative estimate of drug-likeness (QED) is 0.568. The van der Waals surface area contributed by atoms with Gasteiger partial charge < -0.3 is 9.73 Å². The van der Waals surface area contributed by atoms with E-state index in [0.29, 0.717) is 16.8 Å². The minimum Gasteiger partial charge on any atom is -0.408 e. The predicted molar refractivity (Wildman–Crippen MR) is 101 cm³/mol. The summed E-state index contributed by atoms with van der Waals surface area (Å²) >= 11 is 1.55. The zero-order valence-corrected chi connectivity index (χ0v) is 14.5. The molecule has 26 heavy (non-hydrogen) atoms. The van der Waals surface area contributed by atoms with E-state index in [2.05, 4.69) is 27.4 Å².